The molecule has 0 atom stereocenters. The number of carbonyl (C=O) groups is 2. The van der Waals surface area contributed by atoms with Gasteiger partial charge in [0.15, 0.2) is 18.1 Å². The van der Waals surface area contributed by atoms with Crippen molar-refractivity contribution in [3.8, 4) is 11.5 Å². The van der Waals surface area contributed by atoms with E-state index in [0.29, 0.717) is 40.4 Å². The third kappa shape index (κ3) is 5.76. The van der Waals surface area contributed by atoms with Gasteiger partial charge in [0.2, 0.25) is 0 Å². The Hall–Kier alpha value is -3.01. The molecule has 0 radical (unpaired) electrons. The van der Waals surface area contributed by atoms with Crippen molar-refractivity contribution >= 4 is 39.6 Å². The summed E-state index contributed by atoms with van der Waals surface area (Å²) in [6.07, 6.45) is -2.12. The number of halogens is 4. The largest absolute Gasteiger partial charge is 0.486 e. The van der Waals surface area contributed by atoms with Crippen LogP contribution in [0.4, 0.5) is 18.9 Å². The van der Waals surface area contributed by atoms with E-state index in [-0.39, 0.29) is 0 Å². The average molecular weight is 486 g/mol. The minimum absolute atomic E-state index is 0.379. The lowest BCUT2D eigenvalue weighted by atomic mass is 10.1. The molecule has 0 fully saturated rings. The van der Waals surface area contributed by atoms with Crippen LogP contribution in [0.2, 0.25) is 0 Å². The molecule has 3 rings (SSSR count). The Morgan fingerprint density at radius 3 is 2.37 bits per heavy atom. The van der Waals surface area contributed by atoms with Crippen LogP contribution >= 0.6 is 15.9 Å². The number of esters is 1. The number of carbonyl (C=O) groups excluding carboxylic acids is 2. The summed E-state index contributed by atoms with van der Waals surface area (Å²) >= 11 is 3.31. The van der Waals surface area contributed by atoms with Crippen LogP contribution in [0.15, 0.2) is 46.9 Å². The maximum Gasteiger partial charge on any atom is 0.416 e. The van der Waals surface area contributed by atoms with Crippen LogP contribution in [0.3, 0.4) is 0 Å². The number of ether oxygens (including phenoxy) is 3. The van der Waals surface area contributed by atoms with Crippen molar-refractivity contribution in [2.45, 2.75) is 6.18 Å². The number of fused-ring (bicyclic) bond motifs is 1. The second-order valence-corrected chi connectivity index (χ2v) is 6.94. The van der Waals surface area contributed by atoms with Gasteiger partial charge in [0, 0.05) is 22.7 Å². The van der Waals surface area contributed by atoms with Crippen molar-refractivity contribution < 1.29 is 37.0 Å². The van der Waals surface area contributed by atoms with E-state index in [1.54, 1.807) is 12.1 Å². The van der Waals surface area contributed by atoms with Crippen LogP contribution in [-0.2, 0) is 20.5 Å². The standard InChI is InChI=1S/C20H15BrF3NO5/c21-14-9-16-17(29-8-7-28-16)10-15(14)25-18(26)11-30-19(27)6-3-12-1-4-13(5-2-12)20(22,23)24/h1-6,9-10H,7-8,11H2,(H,25,26)/b6-3+. The van der Waals surface area contributed by atoms with E-state index in [0.717, 1.165) is 18.2 Å². The zero-order valence-electron chi connectivity index (χ0n) is 15.3. The van der Waals surface area contributed by atoms with E-state index in [4.69, 9.17) is 14.2 Å². The summed E-state index contributed by atoms with van der Waals surface area (Å²) in [5.41, 5.74) is 0.00871. The van der Waals surface area contributed by atoms with Gasteiger partial charge in [-0.25, -0.2) is 4.79 Å². The number of nitrogens with one attached hydrogen (secondary N) is 1. The highest BCUT2D eigenvalue weighted by atomic mass is 79.9. The number of anilines is 1. The SMILES string of the molecule is O=C(COC(=O)/C=C/c1ccc(C(F)(F)F)cc1)Nc1cc2c(cc1Br)OCCO2. The van der Waals surface area contributed by atoms with Gasteiger partial charge in [0.25, 0.3) is 5.91 Å². The lowest BCUT2D eigenvalue weighted by Gasteiger charge is -2.20. The monoisotopic (exact) mass is 485 g/mol. The highest BCUT2D eigenvalue weighted by Crippen LogP contribution is 2.38. The lowest BCUT2D eigenvalue weighted by molar-refractivity contribution is -0.142. The highest BCUT2D eigenvalue weighted by molar-refractivity contribution is 9.10. The molecule has 0 bridgehead atoms. The summed E-state index contributed by atoms with van der Waals surface area (Å²) in [6, 6.07) is 7.50. The molecule has 0 unspecified atom stereocenters. The normalized spacial score (nSPS) is 13.2. The Labute approximate surface area is 177 Å². The molecule has 30 heavy (non-hydrogen) atoms. The maximum absolute atomic E-state index is 12.5. The van der Waals surface area contributed by atoms with E-state index >= 15 is 0 Å². The molecule has 0 saturated carbocycles. The molecule has 10 heteroatoms. The van der Waals surface area contributed by atoms with Crippen molar-refractivity contribution in [3.05, 3.63) is 58.1 Å². The Bertz CT molecular complexity index is 974. The topological polar surface area (TPSA) is 73.9 Å². The predicted octanol–water partition coefficient (Wildman–Crippen LogP) is 4.43. The van der Waals surface area contributed by atoms with Crippen LogP contribution in [0.5, 0.6) is 11.5 Å². The van der Waals surface area contributed by atoms with Crippen LogP contribution < -0.4 is 14.8 Å². The van der Waals surface area contributed by atoms with Crippen LogP contribution in [0, 0.1) is 0 Å². The molecule has 1 amide bonds. The molecule has 0 aromatic heterocycles. The van der Waals surface area contributed by atoms with Crippen molar-refractivity contribution in [2.24, 2.45) is 0 Å². The number of benzene rings is 2. The molecule has 1 heterocycles. The second-order valence-electron chi connectivity index (χ2n) is 6.08. The van der Waals surface area contributed by atoms with Crippen molar-refractivity contribution in [3.63, 3.8) is 0 Å². The molecular weight excluding hydrogens is 471 g/mol. The van der Waals surface area contributed by atoms with Crippen molar-refractivity contribution in [1.29, 1.82) is 0 Å². The predicted molar refractivity (Wildman–Crippen MR) is 105 cm³/mol. The van der Waals surface area contributed by atoms with E-state index in [1.807, 2.05) is 0 Å². The van der Waals surface area contributed by atoms with Gasteiger partial charge in [-0.05, 0) is 39.7 Å². The van der Waals surface area contributed by atoms with Gasteiger partial charge in [-0.15, -0.1) is 0 Å². The zero-order chi connectivity index (χ0) is 21.7. The summed E-state index contributed by atoms with van der Waals surface area (Å²) in [6.45, 7) is 0.281. The first-order valence-corrected chi connectivity index (χ1v) is 9.43. The number of amides is 1. The minimum Gasteiger partial charge on any atom is -0.486 e. The van der Waals surface area contributed by atoms with Crippen LogP contribution in [0.1, 0.15) is 11.1 Å². The van der Waals surface area contributed by atoms with Crippen LogP contribution in [-0.4, -0.2) is 31.7 Å². The van der Waals surface area contributed by atoms with E-state index < -0.39 is 30.2 Å². The Morgan fingerprint density at radius 2 is 1.73 bits per heavy atom. The summed E-state index contributed by atoms with van der Waals surface area (Å²) < 4.78 is 53.9. The summed E-state index contributed by atoms with van der Waals surface area (Å²) in [7, 11) is 0. The fourth-order valence-corrected chi connectivity index (χ4v) is 2.90. The molecule has 1 aliphatic rings. The molecule has 1 aliphatic heterocycles. The van der Waals surface area contributed by atoms with Gasteiger partial charge in [-0.1, -0.05) is 12.1 Å². The first kappa shape index (κ1) is 21.7. The fraction of sp³-hybridized carbons (Fsp3) is 0.200. The molecular formula is C20H15BrF3NO5. The lowest BCUT2D eigenvalue weighted by Crippen LogP contribution is -2.21. The van der Waals surface area contributed by atoms with Gasteiger partial charge in [0.1, 0.15) is 13.2 Å². The molecule has 2 aromatic carbocycles. The Morgan fingerprint density at radius 1 is 1.10 bits per heavy atom. The first-order valence-electron chi connectivity index (χ1n) is 8.63. The number of hydrogen-bond donors (Lipinski definition) is 1. The maximum atomic E-state index is 12.5. The van der Waals surface area contributed by atoms with Crippen molar-refractivity contribution in [2.75, 3.05) is 25.1 Å². The third-order valence-corrected chi connectivity index (χ3v) is 4.56. The first-order chi connectivity index (χ1) is 14.2. The molecule has 0 saturated heterocycles. The van der Waals surface area contributed by atoms with Gasteiger partial charge in [-0.3, -0.25) is 4.79 Å². The molecule has 1 N–H and O–H groups in total. The Kier molecular flexibility index (Phi) is 6.66. The third-order valence-electron chi connectivity index (χ3n) is 3.90. The number of rotatable bonds is 5. The summed E-state index contributed by atoms with van der Waals surface area (Å²) in [5.74, 6) is -0.364. The quantitative estimate of drug-likeness (QED) is 0.500. The molecule has 158 valence electrons. The summed E-state index contributed by atoms with van der Waals surface area (Å²) in [4.78, 5) is 23.8. The van der Waals surface area contributed by atoms with Gasteiger partial charge >= 0.3 is 12.1 Å². The fourth-order valence-electron chi connectivity index (χ4n) is 2.48. The van der Waals surface area contributed by atoms with E-state index in [2.05, 4.69) is 21.2 Å². The van der Waals surface area contributed by atoms with E-state index in [1.165, 1.54) is 18.2 Å². The Balaban J connectivity index is 1.51. The molecule has 2 aromatic rings. The van der Waals surface area contributed by atoms with Crippen molar-refractivity contribution in [1.82, 2.24) is 0 Å². The molecule has 0 aliphatic carbocycles. The smallest absolute Gasteiger partial charge is 0.416 e. The van der Waals surface area contributed by atoms with Gasteiger partial charge < -0.3 is 19.5 Å². The average Bonchev–Trinajstić information content (AvgIpc) is 2.71. The van der Waals surface area contributed by atoms with Crippen LogP contribution in [0.25, 0.3) is 6.08 Å². The second kappa shape index (κ2) is 9.21. The van der Waals surface area contributed by atoms with Gasteiger partial charge in [-0.2, -0.15) is 13.2 Å². The number of alkyl halides is 3. The van der Waals surface area contributed by atoms with E-state index in [9.17, 15) is 22.8 Å². The van der Waals surface area contributed by atoms with Gasteiger partial charge in [0.05, 0.1) is 11.3 Å². The molecule has 6 nitrogen and oxygen atoms in total. The number of hydrogen-bond acceptors (Lipinski definition) is 5. The highest BCUT2D eigenvalue weighted by Gasteiger charge is 2.29. The molecule has 0 spiro atoms. The minimum atomic E-state index is -4.43. The summed E-state index contributed by atoms with van der Waals surface area (Å²) in [5, 5.41) is 2.58. The zero-order valence-corrected chi connectivity index (χ0v) is 16.9.